The van der Waals surface area contributed by atoms with Crippen molar-refractivity contribution < 1.29 is 24.7 Å². The Morgan fingerprint density at radius 2 is 2.09 bits per heavy atom. The van der Waals surface area contributed by atoms with Crippen LogP contribution in [0, 0.1) is 16.0 Å². The van der Waals surface area contributed by atoms with Gasteiger partial charge in [0, 0.05) is 25.6 Å². The van der Waals surface area contributed by atoms with Crippen LogP contribution in [-0.4, -0.2) is 45.1 Å². The minimum atomic E-state index is -0.981. The first kappa shape index (κ1) is 17.3. The average Bonchev–Trinajstić information content (AvgIpc) is 2.45. The summed E-state index contributed by atoms with van der Waals surface area (Å²) in [6, 6.07) is 2.70. The topological polar surface area (TPSA) is 134 Å². The number of anilines is 1. The molecule has 0 amide bonds. The number of pyridine rings is 1. The first-order chi connectivity index (χ1) is 10.3. The fraction of sp³-hybridized carbons (Fsp3) is 0.462. The molecule has 0 bridgehead atoms. The number of carbonyl (C=O) groups is 2. The standard InChI is InChI=1S/C13H17N3O6/c1-9(13(19)20)8-15(6-2-3-12(17)18)11-5-4-10(7-14-11)16(21)22/h4-5,7,9H,2-3,6,8H2,1H3,(H,17,18)(H,19,20). The van der Waals surface area contributed by atoms with E-state index in [0.29, 0.717) is 18.8 Å². The van der Waals surface area contributed by atoms with Gasteiger partial charge in [0.2, 0.25) is 0 Å². The zero-order valence-corrected chi connectivity index (χ0v) is 12.0. The second kappa shape index (κ2) is 7.91. The lowest BCUT2D eigenvalue weighted by Gasteiger charge is -2.25. The second-order valence-electron chi connectivity index (χ2n) is 4.81. The summed E-state index contributed by atoms with van der Waals surface area (Å²) in [5, 5.41) is 28.2. The van der Waals surface area contributed by atoms with E-state index < -0.39 is 22.8 Å². The number of aliphatic carboxylic acids is 2. The fourth-order valence-corrected chi connectivity index (χ4v) is 1.80. The third kappa shape index (κ3) is 5.35. The summed E-state index contributed by atoms with van der Waals surface area (Å²) in [7, 11) is 0. The lowest BCUT2D eigenvalue weighted by molar-refractivity contribution is -0.385. The molecule has 0 aliphatic heterocycles. The number of rotatable bonds is 9. The summed E-state index contributed by atoms with van der Waals surface area (Å²) in [4.78, 5) is 37.1. The van der Waals surface area contributed by atoms with Crippen LogP contribution in [0.4, 0.5) is 11.5 Å². The van der Waals surface area contributed by atoms with Gasteiger partial charge in [-0.3, -0.25) is 19.7 Å². The molecule has 1 heterocycles. The minimum Gasteiger partial charge on any atom is -0.481 e. The van der Waals surface area contributed by atoms with E-state index in [-0.39, 0.29) is 18.7 Å². The molecule has 22 heavy (non-hydrogen) atoms. The Bertz CT molecular complexity index is 545. The summed E-state index contributed by atoms with van der Waals surface area (Å²) in [6.07, 6.45) is 1.36. The zero-order valence-electron chi connectivity index (χ0n) is 12.0. The molecule has 9 heteroatoms. The average molecular weight is 311 g/mol. The van der Waals surface area contributed by atoms with Gasteiger partial charge in [0.25, 0.3) is 5.69 Å². The highest BCUT2D eigenvalue weighted by Gasteiger charge is 2.18. The van der Waals surface area contributed by atoms with Gasteiger partial charge in [-0.2, -0.15) is 0 Å². The molecule has 1 aromatic heterocycles. The number of carboxylic acids is 2. The van der Waals surface area contributed by atoms with Crippen LogP contribution >= 0.6 is 0 Å². The van der Waals surface area contributed by atoms with Crippen LogP contribution < -0.4 is 4.90 Å². The first-order valence-electron chi connectivity index (χ1n) is 6.61. The lowest BCUT2D eigenvalue weighted by Crippen LogP contribution is -2.33. The quantitative estimate of drug-likeness (QED) is 0.516. The van der Waals surface area contributed by atoms with E-state index in [1.807, 2.05) is 0 Å². The highest BCUT2D eigenvalue weighted by Crippen LogP contribution is 2.17. The molecule has 9 nitrogen and oxygen atoms in total. The van der Waals surface area contributed by atoms with Crippen molar-refractivity contribution in [2.24, 2.45) is 5.92 Å². The summed E-state index contributed by atoms with van der Waals surface area (Å²) < 4.78 is 0. The Hall–Kier alpha value is -2.71. The number of aromatic nitrogens is 1. The Kier molecular flexibility index (Phi) is 6.24. The number of carboxylic acid groups (broad SMARTS) is 2. The molecular formula is C13H17N3O6. The Morgan fingerprint density at radius 3 is 2.55 bits per heavy atom. The summed E-state index contributed by atoms with van der Waals surface area (Å²) in [6.45, 7) is 1.96. The van der Waals surface area contributed by atoms with Gasteiger partial charge in [-0.05, 0) is 12.5 Å². The molecular weight excluding hydrogens is 294 g/mol. The molecule has 1 aromatic rings. The van der Waals surface area contributed by atoms with E-state index in [9.17, 15) is 19.7 Å². The van der Waals surface area contributed by atoms with Gasteiger partial charge in [-0.25, -0.2) is 4.98 Å². The molecule has 0 aliphatic carbocycles. The summed E-state index contributed by atoms with van der Waals surface area (Å²) >= 11 is 0. The predicted molar refractivity (Wildman–Crippen MR) is 76.8 cm³/mol. The number of hydrogen-bond acceptors (Lipinski definition) is 6. The molecule has 0 radical (unpaired) electrons. The van der Waals surface area contributed by atoms with Crippen molar-refractivity contribution in [1.29, 1.82) is 0 Å². The molecule has 0 aliphatic rings. The number of nitrogens with zero attached hydrogens (tertiary/aromatic N) is 3. The molecule has 0 saturated heterocycles. The molecule has 2 N–H and O–H groups in total. The third-order valence-corrected chi connectivity index (χ3v) is 3.00. The number of hydrogen-bond donors (Lipinski definition) is 2. The monoisotopic (exact) mass is 311 g/mol. The normalized spacial score (nSPS) is 11.7. The van der Waals surface area contributed by atoms with Gasteiger partial charge in [-0.1, -0.05) is 6.92 Å². The SMILES string of the molecule is CC(CN(CCCC(=O)O)c1ccc([N+](=O)[O-])cn1)C(=O)O. The van der Waals surface area contributed by atoms with Crippen LogP contribution in [-0.2, 0) is 9.59 Å². The van der Waals surface area contributed by atoms with E-state index >= 15 is 0 Å². The molecule has 1 unspecified atom stereocenters. The fourth-order valence-electron chi connectivity index (χ4n) is 1.80. The molecule has 0 fully saturated rings. The highest BCUT2D eigenvalue weighted by molar-refractivity contribution is 5.70. The number of nitro groups is 1. The van der Waals surface area contributed by atoms with Crippen LogP contribution in [0.2, 0.25) is 0 Å². The van der Waals surface area contributed by atoms with Crippen LogP contribution in [0.1, 0.15) is 19.8 Å². The molecule has 120 valence electrons. The van der Waals surface area contributed by atoms with Crippen molar-refractivity contribution in [2.45, 2.75) is 19.8 Å². The largest absolute Gasteiger partial charge is 0.481 e. The van der Waals surface area contributed by atoms with Crippen LogP contribution in [0.25, 0.3) is 0 Å². The van der Waals surface area contributed by atoms with Crippen molar-refractivity contribution in [3.8, 4) is 0 Å². The third-order valence-electron chi connectivity index (χ3n) is 3.00. The van der Waals surface area contributed by atoms with Crippen molar-refractivity contribution >= 4 is 23.4 Å². The smallest absolute Gasteiger partial charge is 0.308 e. The van der Waals surface area contributed by atoms with Gasteiger partial charge in [0.15, 0.2) is 0 Å². The van der Waals surface area contributed by atoms with Gasteiger partial charge in [0.1, 0.15) is 12.0 Å². The minimum absolute atomic E-state index is 0.0507. The Labute approximate surface area is 126 Å². The molecule has 0 saturated carbocycles. The van der Waals surface area contributed by atoms with E-state index in [4.69, 9.17) is 10.2 Å². The van der Waals surface area contributed by atoms with Crippen LogP contribution in [0.15, 0.2) is 18.3 Å². The second-order valence-corrected chi connectivity index (χ2v) is 4.81. The van der Waals surface area contributed by atoms with E-state index in [1.54, 1.807) is 4.90 Å². The summed E-state index contributed by atoms with van der Waals surface area (Å²) in [5.74, 6) is -2.22. The maximum Gasteiger partial charge on any atom is 0.308 e. The lowest BCUT2D eigenvalue weighted by atomic mass is 10.1. The van der Waals surface area contributed by atoms with Crippen LogP contribution in [0.3, 0.4) is 0 Å². The van der Waals surface area contributed by atoms with E-state index in [0.717, 1.165) is 6.20 Å². The highest BCUT2D eigenvalue weighted by atomic mass is 16.6. The molecule has 1 atom stereocenters. The van der Waals surface area contributed by atoms with E-state index in [2.05, 4.69) is 4.98 Å². The van der Waals surface area contributed by atoms with Gasteiger partial charge in [0.05, 0.1) is 10.8 Å². The van der Waals surface area contributed by atoms with Gasteiger partial charge in [-0.15, -0.1) is 0 Å². The van der Waals surface area contributed by atoms with Gasteiger partial charge < -0.3 is 15.1 Å². The van der Waals surface area contributed by atoms with Crippen molar-refractivity contribution in [3.63, 3.8) is 0 Å². The maximum atomic E-state index is 11.0. The van der Waals surface area contributed by atoms with E-state index in [1.165, 1.54) is 19.1 Å². The molecule has 0 spiro atoms. The molecule has 1 rings (SSSR count). The summed E-state index contributed by atoms with van der Waals surface area (Å²) in [5.41, 5.74) is -0.166. The zero-order chi connectivity index (χ0) is 16.7. The Balaban J connectivity index is 2.84. The van der Waals surface area contributed by atoms with Crippen molar-refractivity contribution in [1.82, 2.24) is 4.98 Å². The Morgan fingerprint density at radius 1 is 1.41 bits per heavy atom. The predicted octanol–water partition coefficient (Wildman–Crippen LogP) is 1.38. The first-order valence-corrected chi connectivity index (χ1v) is 6.61. The van der Waals surface area contributed by atoms with Crippen LogP contribution in [0.5, 0.6) is 0 Å². The van der Waals surface area contributed by atoms with Gasteiger partial charge >= 0.3 is 11.9 Å². The van der Waals surface area contributed by atoms with Crippen molar-refractivity contribution in [2.75, 3.05) is 18.0 Å². The van der Waals surface area contributed by atoms with Crippen molar-refractivity contribution in [3.05, 3.63) is 28.4 Å². The maximum absolute atomic E-state index is 11.0. The molecule has 0 aromatic carbocycles.